The van der Waals surface area contributed by atoms with Crippen LogP contribution in [0.1, 0.15) is 23.6 Å². The van der Waals surface area contributed by atoms with Gasteiger partial charge in [0, 0.05) is 11.6 Å². The summed E-state index contributed by atoms with van der Waals surface area (Å²) in [5, 5.41) is 13.5. The van der Waals surface area contributed by atoms with Gasteiger partial charge >= 0.3 is 0 Å². The van der Waals surface area contributed by atoms with Gasteiger partial charge in [0.1, 0.15) is 24.0 Å². The molecule has 0 saturated heterocycles. The summed E-state index contributed by atoms with van der Waals surface area (Å²) < 4.78 is 26.0. The van der Waals surface area contributed by atoms with Gasteiger partial charge in [0.15, 0.2) is 0 Å². The highest BCUT2D eigenvalue weighted by Gasteiger charge is 2.03. The molecule has 0 bridgehead atoms. The van der Waals surface area contributed by atoms with Gasteiger partial charge < -0.3 is 9.94 Å². The van der Waals surface area contributed by atoms with Crippen LogP contribution in [-0.2, 0) is 11.4 Å². The van der Waals surface area contributed by atoms with Crippen LogP contribution in [0.25, 0.3) is 0 Å². The van der Waals surface area contributed by atoms with Crippen LogP contribution < -0.4 is 0 Å². The van der Waals surface area contributed by atoms with Crippen molar-refractivity contribution in [2.45, 2.75) is 20.5 Å². The second-order valence-electron chi connectivity index (χ2n) is 4.73. The molecule has 3 nitrogen and oxygen atoms in total. The number of hydrogen-bond donors (Lipinski definition) is 1. The van der Waals surface area contributed by atoms with Crippen molar-refractivity contribution in [3.8, 4) is 5.75 Å². The lowest BCUT2D eigenvalue weighted by atomic mass is 10.1. The van der Waals surface area contributed by atoms with Crippen molar-refractivity contribution in [3.63, 3.8) is 0 Å². The zero-order chi connectivity index (χ0) is 15.4. The van der Waals surface area contributed by atoms with E-state index in [2.05, 4.69) is 5.16 Å². The van der Waals surface area contributed by atoms with E-state index in [0.29, 0.717) is 16.8 Å². The van der Waals surface area contributed by atoms with Crippen LogP contribution in [0.4, 0.5) is 8.78 Å². The van der Waals surface area contributed by atoms with E-state index in [9.17, 15) is 13.9 Å². The molecule has 21 heavy (non-hydrogen) atoms. The van der Waals surface area contributed by atoms with E-state index < -0.39 is 11.6 Å². The van der Waals surface area contributed by atoms with Crippen LogP contribution in [0.5, 0.6) is 5.75 Å². The Morgan fingerprint density at radius 1 is 1.14 bits per heavy atom. The topological polar surface area (TPSA) is 41.8 Å². The molecule has 0 atom stereocenters. The molecule has 0 amide bonds. The minimum absolute atomic E-state index is 0.0378. The third-order valence-corrected chi connectivity index (χ3v) is 2.98. The lowest BCUT2D eigenvalue weighted by molar-refractivity contribution is 0.130. The summed E-state index contributed by atoms with van der Waals surface area (Å²) in [5.41, 5.74) is 2.39. The van der Waals surface area contributed by atoms with E-state index >= 15 is 0 Å². The maximum Gasteiger partial charge on any atom is 0.142 e. The number of aromatic hydroxyl groups is 1. The van der Waals surface area contributed by atoms with Crippen molar-refractivity contribution in [1.82, 2.24) is 0 Å². The first-order chi connectivity index (χ1) is 9.95. The molecule has 2 aromatic rings. The summed E-state index contributed by atoms with van der Waals surface area (Å²) in [6.45, 7) is 3.47. The van der Waals surface area contributed by atoms with Gasteiger partial charge in [-0.3, -0.25) is 0 Å². The predicted octanol–water partition coefficient (Wildman–Crippen LogP) is 3.92. The maximum atomic E-state index is 13.0. The number of nitrogens with zero attached hydrogens (tertiary/aromatic N) is 1. The van der Waals surface area contributed by atoms with Crippen LogP contribution in [0, 0.1) is 18.6 Å². The average Bonchev–Trinajstić information content (AvgIpc) is 2.40. The molecule has 0 heterocycles. The van der Waals surface area contributed by atoms with Gasteiger partial charge in [0.2, 0.25) is 0 Å². The average molecular weight is 291 g/mol. The number of phenols is 1. The Morgan fingerprint density at radius 2 is 1.81 bits per heavy atom. The highest BCUT2D eigenvalue weighted by molar-refractivity contribution is 5.98. The van der Waals surface area contributed by atoms with Crippen molar-refractivity contribution < 1.29 is 18.7 Å². The standard InChI is InChI=1S/C16H15F2NO2/c1-10-3-4-13(7-16(10)20)11(2)19-21-9-12-5-14(17)8-15(18)6-12/h3-8,20H,9H2,1-2H3/b19-11+. The highest BCUT2D eigenvalue weighted by atomic mass is 19.1. The number of aryl methyl sites for hydroxylation is 1. The Bertz CT molecular complexity index is 664. The summed E-state index contributed by atoms with van der Waals surface area (Å²) >= 11 is 0. The Kier molecular flexibility index (Phi) is 4.52. The Morgan fingerprint density at radius 3 is 2.43 bits per heavy atom. The molecule has 2 aromatic carbocycles. The third kappa shape index (κ3) is 4.02. The van der Waals surface area contributed by atoms with Crippen LogP contribution in [-0.4, -0.2) is 10.8 Å². The van der Waals surface area contributed by atoms with Gasteiger partial charge in [0.05, 0.1) is 5.71 Å². The maximum absolute atomic E-state index is 13.0. The monoisotopic (exact) mass is 291 g/mol. The van der Waals surface area contributed by atoms with Crippen molar-refractivity contribution in [2.75, 3.05) is 0 Å². The number of phenolic OH excluding ortho intramolecular Hbond substituents is 1. The molecule has 0 unspecified atom stereocenters. The summed E-state index contributed by atoms with van der Waals surface area (Å²) in [6.07, 6.45) is 0. The molecule has 0 saturated carbocycles. The molecular formula is C16H15F2NO2. The largest absolute Gasteiger partial charge is 0.508 e. The van der Waals surface area contributed by atoms with E-state index in [1.807, 2.05) is 0 Å². The van der Waals surface area contributed by atoms with Crippen LogP contribution in [0.2, 0.25) is 0 Å². The normalized spacial score (nSPS) is 11.5. The fraction of sp³-hybridized carbons (Fsp3) is 0.188. The summed E-state index contributed by atoms with van der Waals surface area (Å²) in [6, 6.07) is 8.33. The van der Waals surface area contributed by atoms with Gasteiger partial charge in [-0.05, 0) is 43.2 Å². The van der Waals surface area contributed by atoms with Crippen LogP contribution in [0.15, 0.2) is 41.6 Å². The fourth-order valence-electron chi connectivity index (χ4n) is 1.79. The molecule has 0 aromatic heterocycles. The Hall–Kier alpha value is -2.43. The molecule has 2 rings (SSSR count). The lowest BCUT2D eigenvalue weighted by Crippen LogP contribution is -1.98. The molecule has 5 heteroatoms. The zero-order valence-electron chi connectivity index (χ0n) is 11.7. The van der Waals surface area contributed by atoms with Gasteiger partial charge in [-0.15, -0.1) is 0 Å². The number of halogens is 2. The molecule has 1 N–H and O–H groups in total. The van der Waals surface area contributed by atoms with Gasteiger partial charge in [-0.1, -0.05) is 17.3 Å². The second-order valence-corrected chi connectivity index (χ2v) is 4.73. The van der Waals surface area contributed by atoms with E-state index in [4.69, 9.17) is 4.84 Å². The number of benzene rings is 2. The van der Waals surface area contributed by atoms with Gasteiger partial charge in [0.25, 0.3) is 0 Å². The van der Waals surface area contributed by atoms with Crippen molar-refractivity contribution in [2.24, 2.45) is 5.16 Å². The molecule has 0 aliphatic rings. The molecular weight excluding hydrogens is 276 g/mol. The summed E-state index contributed by atoms with van der Waals surface area (Å²) in [7, 11) is 0. The molecule has 0 aliphatic heterocycles. The smallest absolute Gasteiger partial charge is 0.142 e. The van der Waals surface area contributed by atoms with Crippen molar-refractivity contribution >= 4 is 5.71 Å². The first-order valence-electron chi connectivity index (χ1n) is 6.37. The van der Waals surface area contributed by atoms with Crippen LogP contribution >= 0.6 is 0 Å². The quantitative estimate of drug-likeness (QED) is 0.685. The van der Waals surface area contributed by atoms with Gasteiger partial charge in [-0.25, -0.2) is 8.78 Å². The first-order valence-corrected chi connectivity index (χ1v) is 6.37. The first kappa shape index (κ1) is 15.0. The summed E-state index contributed by atoms with van der Waals surface area (Å²) in [5.74, 6) is -1.13. The SMILES string of the molecule is C/C(=N\OCc1cc(F)cc(F)c1)c1ccc(C)c(O)c1. The van der Waals surface area contributed by atoms with Crippen LogP contribution in [0.3, 0.4) is 0 Å². The second kappa shape index (κ2) is 6.35. The van der Waals surface area contributed by atoms with E-state index in [1.54, 1.807) is 32.0 Å². The van der Waals surface area contributed by atoms with Crippen molar-refractivity contribution in [3.05, 3.63) is 64.7 Å². The third-order valence-electron chi connectivity index (χ3n) is 2.98. The molecule has 0 aliphatic carbocycles. The Labute approximate surface area is 121 Å². The highest BCUT2D eigenvalue weighted by Crippen LogP contribution is 2.18. The number of oxime groups is 1. The Balaban J connectivity index is 2.04. The minimum Gasteiger partial charge on any atom is -0.508 e. The molecule has 0 fully saturated rings. The van der Waals surface area contributed by atoms with E-state index in [0.717, 1.165) is 11.6 Å². The van der Waals surface area contributed by atoms with E-state index in [-0.39, 0.29) is 12.4 Å². The van der Waals surface area contributed by atoms with Crippen molar-refractivity contribution in [1.29, 1.82) is 0 Å². The molecule has 110 valence electrons. The molecule has 0 radical (unpaired) electrons. The zero-order valence-corrected chi connectivity index (χ0v) is 11.7. The number of rotatable bonds is 4. The van der Waals surface area contributed by atoms with E-state index in [1.165, 1.54) is 12.1 Å². The fourth-order valence-corrected chi connectivity index (χ4v) is 1.79. The lowest BCUT2D eigenvalue weighted by Gasteiger charge is -2.05. The molecule has 0 spiro atoms. The van der Waals surface area contributed by atoms with Gasteiger partial charge in [-0.2, -0.15) is 0 Å². The summed E-state index contributed by atoms with van der Waals surface area (Å²) in [4.78, 5) is 5.09. The number of hydrogen-bond acceptors (Lipinski definition) is 3. The minimum atomic E-state index is -0.655. The predicted molar refractivity (Wildman–Crippen MR) is 76.2 cm³/mol.